The highest BCUT2D eigenvalue weighted by Gasteiger charge is 2.17. The van der Waals surface area contributed by atoms with Crippen molar-refractivity contribution in [2.45, 2.75) is 13.8 Å². The maximum absolute atomic E-state index is 12.1. The molecule has 0 unspecified atom stereocenters. The Morgan fingerprint density at radius 1 is 0.960 bits per heavy atom. The Balaban J connectivity index is 1.67. The smallest absolute Gasteiger partial charge is 0.305 e. The lowest BCUT2D eigenvalue weighted by Gasteiger charge is -2.05. The summed E-state index contributed by atoms with van der Waals surface area (Å²) in [5.74, 6) is 0.552. The van der Waals surface area contributed by atoms with Gasteiger partial charge >= 0.3 is 5.91 Å². The summed E-state index contributed by atoms with van der Waals surface area (Å²) in [4.78, 5) is 24.2. The Morgan fingerprint density at radius 2 is 1.68 bits per heavy atom. The largest absolute Gasteiger partial charge is 0.466 e. The van der Waals surface area contributed by atoms with E-state index in [1.165, 1.54) is 6.07 Å². The molecule has 3 aromatic rings. The molecule has 6 nitrogen and oxygen atoms in total. The Labute approximate surface area is 148 Å². The predicted octanol–water partition coefficient (Wildman–Crippen LogP) is 3.88. The molecule has 0 atom stereocenters. The zero-order valence-corrected chi connectivity index (χ0v) is 14.3. The fourth-order valence-corrected chi connectivity index (χ4v) is 2.59. The van der Waals surface area contributed by atoms with E-state index in [1.54, 1.807) is 44.2 Å². The molecule has 0 fully saturated rings. The summed E-state index contributed by atoms with van der Waals surface area (Å²) in [6, 6.07) is 11.9. The normalized spacial score (nSPS) is 10.5. The van der Waals surface area contributed by atoms with E-state index in [2.05, 4.69) is 10.9 Å². The van der Waals surface area contributed by atoms with Crippen molar-refractivity contribution in [3.8, 4) is 11.3 Å². The third kappa shape index (κ3) is 3.59. The summed E-state index contributed by atoms with van der Waals surface area (Å²) >= 11 is 6.11. The van der Waals surface area contributed by atoms with Crippen LogP contribution in [0.4, 0.5) is 0 Å². The molecule has 1 aromatic carbocycles. The van der Waals surface area contributed by atoms with E-state index >= 15 is 0 Å². The number of rotatable bonds is 3. The lowest BCUT2D eigenvalue weighted by Crippen LogP contribution is -2.41. The Kier molecular flexibility index (Phi) is 4.63. The van der Waals surface area contributed by atoms with Gasteiger partial charge in [-0.3, -0.25) is 20.4 Å². The topological polar surface area (TPSA) is 84.5 Å². The molecule has 128 valence electrons. The molecular formula is C18H15ClN2O4. The molecule has 0 radical (unpaired) electrons. The van der Waals surface area contributed by atoms with Gasteiger partial charge in [0.15, 0.2) is 5.76 Å². The van der Waals surface area contributed by atoms with Crippen molar-refractivity contribution in [1.82, 2.24) is 10.9 Å². The van der Waals surface area contributed by atoms with Crippen LogP contribution in [-0.4, -0.2) is 11.8 Å². The molecule has 0 spiro atoms. The summed E-state index contributed by atoms with van der Waals surface area (Å²) in [7, 11) is 0. The third-order valence-corrected chi connectivity index (χ3v) is 3.87. The molecule has 0 saturated carbocycles. The number of hydrazine groups is 1. The van der Waals surface area contributed by atoms with Crippen LogP contribution in [0.2, 0.25) is 5.02 Å². The SMILES string of the molecule is Cc1cc(C(=O)NNC(=O)c2ccc(-c3ccccc3Cl)o2)c(C)o1. The van der Waals surface area contributed by atoms with Gasteiger partial charge in [-0.1, -0.05) is 23.7 Å². The van der Waals surface area contributed by atoms with E-state index in [4.69, 9.17) is 20.4 Å². The Bertz CT molecular complexity index is 942. The molecule has 0 bridgehead atoms. The number of aryl methyl sites for hydroxylation is 2. The highest BCUT2D eigenvalue weighted by atomic mass is 35.5. The summed E-state index contributed by atoms with van der Waals surface area (Å²) in [6.07, 6.45) is 0. The van der Waals surface area contributed by atoms with Crippen LogP contribution >= 0.6 is 11.6 Å². The van der Waals surface area contributed by atoms with E-state index in [0.717, 1.165) is 0 Å². The summed E-state index contributed by atoms with van der Waals surface area (Å²) in [6.45, 7) is 3.41. The van der Waals surface area contributed by atoms with Crippen molar-refractivity contribution in [3.05, 3.63) is 70.3 Å². The predicted molar refractivity (Wildman–Crippen MR) is 92.3 cm³/mol. The molecule has 2 aromatic heterocycles. The lowest BCUT2D eigenvalue weighted by atomic mass is 10.2. The van der Waals surface area contributed by atoms with Crippen LogP contribution in [0.15, 0.2) is 51.3 Å². The van der Waals surface area contributed by atoms with Gasteiger partial charge in [-0.25, -0.2) is 0 Å². The lowest BCUT2D eigenvalue weighted by molar-refractivity contribution is 0.0830. The molecule has 0 aliphatic carbocycles. The maximum Gasteiger partial charge on any atom is 0.305 e. The number of carbonyl (C=O) groups excluding carboxylic acids is 2. The van der Waals surface area contributed by atoms with Crippen molar-refractivity contribution >= 4 is 23.4 Å². The van der Waals surface area contributed by atoms with Gasteiger partial charge in [-0.2, -0.15) is 0 Å². The Hall–Kier alpha value is -2.99. The van der Waals surface area contributed by atoms with Gasteiger partial charge in [0.05, 0.1) is 10.6 Å². The van der Waals surface area contributed by atoms with Crippen molar-refractivity contribution < 1.29 is 18.4 Å². The zero-order valence-electron chi connectivity index (χ0n) is 13.6. The van der Waals surface area contributed by atoms with Gasteiger partial charge in [0.2, 0.25) is 0 Å². The molecule has 0 aliphatic rings. The number of benzene rings is 1. The monoisotopic (exact) mass is 358 g/mol. The Morgan fingerprint density at radius 3 is 2.36 bits per heavy atom. The van der Waals surface area contributed by atoms with E-state index in [-0.39, 0.29) is 5.76 Å². The van der Waals surface area contributed by atoms with Crippen molar-refractivity contribution in [2.24, 2.45) is 0 Å². The molecule has 2 heterocycles. The fourth-order valence-electron chi connectivity index (χ4n) is 2.36. The first-order valence-corrected chi connectivity index (χ1v) is 7.86. The minimum absolute atomic E-state index is 0.0512. The number of hydrogen-bond acceptors (Lipinski definition) is 4. The number of halogens is 1. The van der Waals surface area contributed by atoms with E-state index in [1.807, 2.05) is 6.07 Å². The van der Waals surface area contributed by atoms with Crippen LogP contribution in [0, 0.1) is 13.8 Å². The molecular weight excluding hydrogens is 344 g/mol. The van der Waals surface area contributed by atoms with Crippen LogP contribution in [-0.2, 0) is 0 Å². The number of nitrogens with one attached hydrogen (secondary N) is 2. The van der Waals surface area contributed by atoms with Crippen LogP contribution in [0.25, 0.3) is 11.3 Å². The highest BCUT2D eigenvalue weighted by Crippen LogP contribution is 2.28. The molecule has 25 heavy (non-hydrogen) atoms. The number of amides is 2. The van der Waals surface area contributed by atoms with Crippen molar-refractivity contribution in [3.63, 3.8) is 0 Å². The summed E-state index contributed by atoms with van der Waals surface area (Å²) < 4.78 is 10.8. The number of hydrogen-bond donors (Lipinski definition) is 2. The van der Waals surface area contributed by atoms with Gasteiger partial charge in [0.1, 0.15) is 17.3 Å². The highest BCUT2D eigenvalue weighted by molar-refractivity contribution is 6.33. The van der Waals surface area contributed by atoms with Crippen molar-refractivity contribution in [2.75, 3.05) is 0 Å². The maximum atomic E-state index is 12.1. The van der Waals surface area contributed by atoms with Crippen molar-refractivity contribution in [1.29, 1.82) is 0 Å². The van der Waals surface area contributed by atoms with Crippen LogP contribution in [0.1, 0.15) is 32.4 Å². The van der Waals surface area contributed by atoms with Gasteiger partial charge in [0, 0.05) is 5.56 Å². The van der Waals surface area contributed by atoms with Gasteiger partial charge < -0.3 is 8.83 Å². The second kappa shape index (κ2) is 6.86. The second-order valence-corrected chi connectivity index (χ2v) is 5.79. The van der Waals surface area contributed by atoms with Gasteiger partial charge in [-0.15, -0.1) is 0 Å². The third-order valence-electron chi connectivity index (χ3n) is 3.54. The molecule has 2 amide bonds. The first kappa shape index (κ1) is 16.9. The molecule has 7 heteroatoms. The molecule has 3 rings (SSSR count). The molecule has 2 N–H and O–H groups in total. The van der Waals surface area contributed by atoms with E-state index < -0.39 is 11.8 Å². The average Bonchev–Trinajstić information content (AvgIpc) is 3.19. The summed E-state index contributed by atoms with van der Waals surface area (Å²) in [5, 5.41) is 0.517. The van der Waals surface area contributed by atoms with Gasteiger partial charge in [0.25, 0.3) is 5.91 Å². The van der Waals surface area contributed by atoms with Crippen LogP contribution in [0.5, 0.6) is 0 Å². The van der Waals surface area contributed by atoms with Crippen LogP contribution in [0.3, 0.4) is 0 Å². The molecule has 0 saturated heterocycles. The van der Waals surface area contributed by atoms with E-state index in [9.17, 15) is 9.59 Å². The summed E-state index contributed by atoms with van der Waals surface area (Å²) in [5.41, 5.74) is 5.67. The average molecular weight is 359 g/mol. The van der Waals surface area contributed by atoms with Gasteiger partial charge in [-0.05, 0) is 44.2 Å². The first-order valence-electron chi connectivity index (χ1n) is 7.48. The fraction of sp³-hybridized carbons (Fsp3) is 0.111. The quantitative estimate of drug-likeness (QED) is 0.696. The molecule has 0 aliphatic heterocycles. The zero-order chi connectivity index (χ0) is 18.0. The number of furan rings is 2. The standard InChI is InChI=1S/C18H15ClN2O4/c1-10-9-13(11(2)24-10)17(22)20-21-18(23)16-8-7-15(25-16)12-5-3-4-6-14(12)19/h3-9H,1-2H3,(H,20,22)(H,21,23). The minimum Gasteiger partial charge on any atom is -0.466 e. The second-order valence-electron chi connectivity index (χ2n) is 5.38. The van der Waals surface area contributed by atoms with Crippen LogP contribution < -0.4 is 10.9 Å². The van der Waals surface area contributed by atoms with E-state index in [0.29, 0.717) is 33.4 Å². The first-order chi connectivity index (χ1) is 12.0. The minimum atomic E-state index is -0.579. The number of carbonyl (C=O) groups is 2.